The van der Waals surface area contributed by atoms with Crippen LogP contribution in [0.2, 0.25) is 0 Å². The molecule has 0 saturated heterocycles. The molecule has 0 aliphatic carbocycles. The van der Waals surface area contributed by atoms with Gasteiger partial charge in [0, 0.05) is 0 Å². The molecule has 0 N–H and O–H groups in total. The van der Waals surface area contributed by atoms with E-state index in [-0.39, 0.29) is 0 Å². The predicted molar refractivity (Wildman–Crippen MR) is 235 cm³/mol. The van der Waals surface area contributed by atoms with Gasteiger partial charge in [0.1, 0.15) is 0 Å². The van der Waals surface area contributed by atoms with Crippen molar-refractivity contribution < 1.29 is 17.9 Å². The van der Waals surface area contributed by atoms with Crippen LogP contribution >= 0.6 is 25.4 Å². The zero-order valence-electron chi connectivity index (χ0n) is 29.7. The minimum absolute atomic E-state index is 0.446. The summed E-state index contributed by atoms with van der Waals surface area (Å²) in [6, 6.07) is 85.7. The quantitative estimate of drug-likeness (QED) is 0.0809. The summed E-state index contributed by atoms with van der Waals surface area (Å²) in [4.78, 5) is 0. The van der Waals surface area contributed by atoms with Crippen molar-refractivity contribution in [3.63, 3.8) is 0 Å². The van der Waals surface area contributed by atoms with E-state index in [0.29, 0.717) is 0 Å². The molecule has 0 atom stereocenters. The molecule has 0 aliphatic rings. The van der Waals surface area contributed by atoms with Crippen molar-refractivity contribution in [3.05, 3.63) is 260 Å². The van der Waals surface area contributed by atoms with Gasteiger partial charge in [0.25, 0.3) is 0 Å². The smallest absolute Gasteiger partial charge is 0.0134 e. The van der Waals surface area contributed by atoms with E-state index in [9.17, 15) is 0 Å². The minimum atomic E-state index is -0.446. The number of hydrogen-bond acceptors (Lipinski definition) is 0. The molecule has 266 valence electrons. The average Bonchev–Trinajstić information content (AvgIpc) is 3.27. The summed E-state index contributed by atoms with van der Waals surface area (Å²) >= 11 is 1.47. The largest absolute Gasteiger partial charge is 0.0622 e. The fourth-order valence-electron chi connectivity index (χ4n) is 5.55. The molecular formula is C50H40ClIrP2. The third-order valence-corrected chi connectivity index (χ3v) is 12.9. The first-order valence-electron chi connectivity index (χ1n) is 17.5. The van der Waals surface area contributed by atoms with Crippen LogP contribution in [0, 0.1) is 12.1 Å². The molecule has 0 nitrogen and oxygen atoms in total. The van der Waals surface area contributed by atoms with Crippen molar-refractivity contribution in [2.45, 2.75) is 0 Å². The Morgan fingerprint density at radius 2 is 0.611 bits per heavy atom. The van der Waals surface area contributed by atoms with Crippen molar-refractivity contribution in [2.75, 3.05) is 0 Å². The van der Waals surface area contributed by atoms with Gasteiger partial charge in [-0.05, 0) is 47.7 Å². The van der Waals surface area contributed by atoms with Crippen LogP contribution in [-0.4, -0.2) is 0 Å². The van der Waals surface area contributed by atoms with Gasteiger partial charge in [-0.3, -0.25) is 0 Å². The van der Waals surface area contributed by atoms with E-state index in [1.807, 2.05) is 60.7 Å². The first-order valence-corrected chi connectivity index (χ1v) is 23.1. The van der Waals surface area contributed by atoms with Gasteiger partial charge in [0.2, 0.25) is 0 Å². The standard InChI is InChI=1S/2C18H15P.C14H10.ClH.Ir/c2*1-4-10-16(11-5-1)19(17-12-6-2-7-13-17)18-14-8-3-9-15-18;1-3-7-13(8-4-1)11-12-14-9-5-2-6-10-14;;/h2*1-15H;1-9,12H;1H;/q;;-2;;+3/p-1. The Bertz CT molecular complexity index is 1810. The molecule has 0 spiro atoms. The van der Waals surface area contributed by atoms with Gasteiger partial charge >= 0.3 is 27.5 Å². The molecule has 0 fully saturated rings. The SMILES string of the molecule is [C-](=Cc1[c-]cccc1)c1ccccc1.[Cl][Ir+2].c1ccc(P(c2ccccc2)c2ccccc2)cc1.c1ccc(P(c2ccccc2)c2ccccc2)cc1. The Hall–Kier alpha value is -4.70. The average molecular weight is 930 g/mol. The maximum atomic E-state index is 4.64. The summed E-state index contributed by atoms with van der Waals surface area (Å²) in [5, 5.41) is 8.39. The van der Waals surface area contributed by atoms with Crippen LogP contribution in [0.4, 0.5) is 0 Å². The van der Waals surface area contributed by atoms with E-state index >= 15 is 0 Å². The summed E-state index contributed by atoms with van der Waals surface area (Å²) in [6.45, 7) is 0. The first-order chi connectivity index (χ1) is 26.8. The van der Waals surface area contributed by atoms with Gasteiger partial charge < -0.3 is 0 Å². The van der Waals surface area contributed by atoms with Crippen LogP contribution in [0.25, 0.3) is 6.08 Å². The molecule has 0 saturated carbocycles. The summed E-state index contributed by atoms with van der Waals surface area (Å²) in [5.74, 6) is 0. The van der Waals surface area contributed by atoms with Gasteiger partial charge in [-0.25, -0.2) is 11.6 Å². The van der Waals surface area contributed by atoms with E-state index < -0.39 is 15.8 Å². The summed E-state index contributed by atoms with van der Waals surface area (Å²) in [6.07, 6.45) is 5.14. The summed E-state index contributed by atoms with van der Waals surface area (Å²) < 4.78 is 0. The molecular weight excluding hydrogens is 890 g/mol. The van der Waals surface area contributed by atoms with Crippen LogP contribution in [0.5, 0.6) is 0 Å². The van der Waals surface area contributed by atoms with E-state index in [1.54, 1.807) is 0 Å². The second-order valence-corrected chi connectivity index (χ2v) is 16.1. The minimum Gasteiger partial charge on any atom is -0.0622 e. The van der Waals surface area contributed by atoms with E-state index in [0.717, 1.165) is 11.1 Å². The Balaban J connectivity index is 0.000000154. The number of benzene rings is 8. The zero-order valence-corrected chi connectivity index (χ0v) is 34.6. The van der Waals surface area contributed by atoms with E-state index in [2.05, 4.69) is 204 Å². The maximum Gasteiger partial charge on any atom is -0.0134 e. The normalized spacial score (nSPS) is 10.3. The van der Waals surface area contributed by atoms with Gasteiger partial charge in [0.05, 0.1) is 0 Å². The Kier molecular flexibility index (Phi) is 17.9. The zero-order chi connectivity index (χ0) is 37.5. The van der Waals surface area contributed by atoms with Crippen molar-refractivity contribution in [2.24, 2.45) is 0 Å². The van der Waals surface area contributed by atoms with Crippen LogP contribution < -0.4 is 31.8 Å². The summed E-state index contributed by atoms with van der Waals surface area (Å²) in [5.41, 5.74) is 2.14. The number of hydrogen-bond donors (Lipinski definition) is 0. The predicted octanol–water partition coefficient (Wildman–Crippen LogP) is 10.9. The molecule has 8 aromatic rings. The maximum absolute atomic E-state index is 4.64. The van der Waals surface area contributed by atoms with Gasteiger partial charge in [-0.15, -0.1) is 30.3 Å². The molecule has 4 heteroatoms. The van der Waals surface area contributed by atoms with Crippen LogP contribution in [0.1, 0.15) is 11.1 Å². The molecule has 0 unspecified atom stereocenters. The third-order valence-electron chi connectivity index (χ3n) is 7.99. The molecule has 0 bridgehead atoms. The number of rotatable bonds is 8. The molecule has 8 rings (SSSR count). The Morgan fingerprint density at radius 1 is 0.352 bits per heavy atom. The second kappa shape index (κ2) is 23.9. The van der Waals surface area contributed by atoms with Crippen LogP contribution in [0.15, 0.2) is 237 Å². The monoisotopic (exact) mass is 930 g/mol. The van der Waals surface area contributed by atoms with Gasteiger partial charge in [0.15, 0.2) is 0 Å². The molecule has 0 radical (unpaired) electrons. The van der Waals surface area contributed by atoms with Crippen molar-refractivity contribution in [1.29, 1.82) is 0 Å². The third kappa shape index (κ3) is 13.0. The molecule has 0 amide bonds. The Morgan fingerprint density at radius 3 is 0.870 bits per heavy atom. The number of halogens is 1. The van der Waals surface area contributed by atoms with Crippen LogP contribution in [-0.2, 0) is 17.9 Å². The topological polar surface area (TPSA) is 0 Å². The van der Waals surface area contributed by atoms with Crippen molar-refractivity contribution in [3.8, 4) is 0 Å². The van der Waals surface area contributed by atoms with Crippen LogP contribution in [0.3, 0.4) is 0 Å². The molecule has 0 aromatic heterocycles. The molecule has 0 heterocycles. The second-order valence-electron chi connectivity index (χ2n) is 11.7. The van der Waals surface area contributed by atoms with E-state index in [1.165, 1.54) is 49.7 Å². The summed E-state index contributed by atoms with van der Waals surface area (Å²) in [7, 11) is 3.75. The molecule has 0 aliphatic heterocycles. The fraction of sp³-hybridized carbons (Fsp3) is 0. The van der Waals surface area contributed by atoms with Gasteiger partial charge in [-0.1, -0.05) is 188 Å². The van der Waals surface area contributed by atoms with E-state index in [4.69, 9.17) is 0 Å². The first kappa shape index (κ1) is 40.5. The Labute approximate surface area is 338 Å². The molecule has 8 aromatic carbocycles. The van der Waals surface area contributed by atoms with Crippen molar-refractivity contribution >= 4 is 63.3 Å². The van der Waals surface area contributed by atoms with Crippen molar-refractivity contribution in [1.82, 2.24) is 0 Å². The molecule has 54 heavy (non-hydrogen) atoms. The van der Waals surface area contributed by atoms with Gasteiger partial charge in [-0.2, -0.15) is 35.9 Å². The fourth-order valence-corrected chi connectivity index (χ4v) is 10.2.